The molecule has 4 fully saturated rings. The van der Waals surface area contributed by atoms with Gasteiger partial charge in [0.15, 0.2) is 13.1 Å². The Morgan fingerprint density at radius 3 is 1.96 bits per heavy atom. The second-order valence-corrected chi connectivity index (χ2v) is 9.23. The second-order valence-electron chi connectivity index (χ2n) is 9.23. The van der Waals surface area contributed by atoms with Crippen molar-refractivity contribution in [2.75, 3.05) is 20.1 Å². The molecule has 4 bridgehead atoms. The van der Waals surface area contributed by atoms with Crippen LogP contribution in [0.2, 0.25) is 0 Å². The summed E-state index contributed by atoms with van der Waals surface area (Å²) in [4.78, 5) is 37.0. The Labute approximate surface area is 155 Å². The monoisotopic (exact) mass is 365 g/mol. The van der Waals surface area contributed by atoms with Gasteiger partial charge in [-0.1, -0.05) is 0 Å². The lowest BCUT2D eigenvalue weighted by Crippen LogP contribution is -3.11. The summed E-state index contributed by atoms with van der Waals surface area (Å²) < 4.78 is 0. The van der Waals surface area contributed by atoms with Crippen LogP contribution in [0, 0.1) is 17.8 Å². The van der Waals surface area contributed by atoms with Gasteiger partial charge in [-0.15, -0.1) is 0 Å². The molecule has 1 atom stereocenters. The summed E-state index contributed by atoms with van der Waals surface area (Å²) >= 11 is 0. The van der Waals surface area contributed by atoms with Crippen LogP contribution in [-0.2, 0) is 9.59 Å². The summed E-state index contributed by atoms with van der Waals surface area (Å²) in [6, 6.07) is -0.299. The molecule has 0 aromatic rings. The van der Waals surface area contributed by atoms with Crippen LogP contribution in [0.5, 0.6) is 0 Å². The molecule has 4 aliphatic rings. The zero-order valence-electron chi connectivity index (χ0n) is 16.2. The second kappa shape index (κ2) is 7.55. The number of amides is 4. The van der Waals surface area contributed by atoms with Crippen molar-refractivity contribution in [1.82, 2.24) is 16.0 Å². The third kappa shape index (κ3) is 4.75. The maximum absolute atomic E-state index is 12.4. The van der Waals surface area contributed by atoms with Crippen LogP contribution in [0.1, 0.15) is 52.4 Å². The van der Waals surface area contributed by atoms with Gasteiger partial charge >= 0.3 is 6.03 Å². The lowest BCUT2D eigenvalue weighted by atomic mass is 9.53. The van der Waals surface area contributed by atoms with E-state index < -0.39 is 0 Å². The van der Waals surface area contributed by atoms with Crippen molar-refractivity contribution in [3.63, 3.8) is 0 Å². The summed E-state index contributed by atoms with van der Waals surface area (Å²) in [5.74, 6) is 1.79. The first kappa shape index (κ1) is 19.1. The van der Waals surface area contributed by atoms with Gasteiger partial charge in [0, 0.05) is 11.6 Å². The molecule has 4 aliphatic carbocycles. The van der Waals surface area contributed by atoms with Gasteiger partial charge < -0.3 is 15.5 Å². The summed E-state index contributed by atoms with van der Waals surface area (Å²) in [7, 11) is 1.77. The fraction of sp³-hybridized carbons (Fsp3) is 0.842. The first-order valence-corrected chi connectivity index (χ1v) is 9.95. The molecule has 0 radical (unpaired) electrons. The van der Waals surface area contributed by atoms with E-state index in [9.17, 15) is 14.4 Å². The highest BCUT2D eigenvalue weighted by molar-refractivity contribution is 5.95. The van der Waals surface area contributed by atoms with Crippen molar-refractivity contribution in [1.29, 1.82) is 0 Å². The zero-order chi connectivity index (χ0) is 18.9. The van der Waals surface area contributed by atoms with E-state index in [1.807, 2.05) is 13.8 Å². The van der Waals surface area contributed by atoms with Gasteiger partial charge in [-0.3, -0.25) is 14.9 Å². The average Bonchev–Trinajstić information content (AvgIpc) is 2.42. The van der Waals surface area contributed by atoms with Gasteiger partial charge in [0.25, 0.3) is 11.8 Å². The molecule has 0 aromatic heterocycles. The molecule has 0 saturated heterocycles. The van der Waals surface area contributed by atoms with E-state index in [2.05, 4.69) is 16.0 Å². The Kier molecular flexibility index (Phi) is 5.55. The normalized spacial score (nSPS) is 33.0. The number of hydrogen-bond donors (Lipinski definition) is 4. The number of nitrogens with one attached hydrogen (secondary N) is 4. The van der Waals surface area contributed by atoms with E-state index in [0.29, 0.717) is 0 Å². The molecule has 0 aromatic carbocycles. The summed E-state index contributed by atoms with van der Waals surface area (Å²) in [6.07, 6.45) is 7.11. The number of quaternary nitrogens is 1. The molecular formula is C19H33N4O3+. The Balaban J connectivity index is 1.43. The predicted molar refractivity (Wildman–Crippen MR) is 97.5 cm³/mol. The van der Waals surface area contributed by atoms with E-state index in [4.69, 9.17) is 0 Å². The van der Waals surface area contributed by atoms with Crippen LogP contribution >= 0.6 is 0 Å². The fourth-order valence-electron chi connectivity index (χ4n) is 5.69. The molecule has 4 saturated carbocycles. The number of hydrogen-bond acceptors (Lipinski definition) is 3. The zero-order valence-corrected chi connectivity index (χ0v) is 16.2. The molecule has 0 aliphatic heterocycles. The molecule has 146 valence electrons. The summed E-state index contributed by atoms with van der Waals surface area (Å²) in [6.45, 7) is 4.10. The van der Waals surface area contributed by atoms with Crippen molar-refractivity contribution >= 4 is 17.8 Å². The Bertz CT molecular complexity index is 540. The molecule has 7 heteroatoms. The van der Waals surface area contributed by atoms with Crippen LogP contribution in [0.25, 0.3) is 0 Å². The molecule has 0 heterocycles. The van der Waals surface area contributed by atoms with Crippen LogP contribution < -0.4 is 20.9 Å². The third-order valence-corrected chi connectivity index (χ3v) is 6.04. The minimum absolute atomic E-state index is 0.0789. The highest BCUT2D eigenvalue weighted by Crippen LogP contribution is 2.55. The third-order valence-electron chi connectivity index (χ3n) is 6.04. The molecule has 7 nitrogen and oxygen atoms in total. The van der Waals surface area contributed by atoms with Crippen molar-refractivity contribution in [3.05, 3.63) is 0 Å². The minimum atomic E-state index is -0.378. The van der Waals surface area contributed by atoms with Crippen molar-refractivity contribution in [3.8, 4) is 0 Å². The lowest BCUT2D eigenvalue weighted by Gasteiger charge is -2.56. The number of rotatable bonds is 6. The quantitative estimate of drug-likeness (QED) is 0.526. The maximum atomic E-state index is 12.4. The van der Waals surface area contributed by atoms with Gasteiger partial charge in [0.05, 0.1) is 7.05 Å². The first-order chi connectivity index (χ1) is 12.2. The highest BCUT2D eigenvalue weighted by Gasteiger charge is 2.51. The van der Waals surface area contributed by atoms with Crippen molar-refractivity contribution in [2.45, 2.75) is 64.0 Å². The Morgan fingerprint density at radius 2 is 1.46 bits per heavy atom. The highest BCUT2D eigenvalue weighted by atomic mass is 16.2. The standard InChI is InChI=1S/C19H32N4O3/c1-12(2)20-16(24)10-23(3)11-17(25)21-18(26)22-19-7-13-4-14(8-19)6-15(5-13)9-19/h12-15H,4-11H2,1-3H3,(H,20,24)(H2,21,22,25,26)/p+1. The predicted octanol–water partition coefficient (Wildman–Crippen LogP) is -0.180. The van der Waals surface area contributed by atoms with Gasteiger partial charge in [0.2, 0.25) is 0 Å². The van der Waals surface area contributed by atoms with Crippen LogP contribution in [0.3, 0.4) is 0 Å². The minimum Gasteiger partial charge on any atom is -0.349 e. The Morgan fingerprint density at radius 1 is 0.962 bits per heavy atom. The van der Waals surface area contributed by atoms with Crippen LogP contribution in [0.4, 0.5) is 4.79 Å². The smallest absolute Gasteiger partial charge is 0.322 e. The topological polar surface area (TPSA) is 91.7 Å². The van der Waals surface area contributed by atoms with Crippen LogP contribution in [0.15, 0.2) is 0 Å². The number of carbonyl (C=O) groups excluding carboxylic acids is 3. The van der Waals surface area contributed by atoms with Gasteiger partial charge in [-0.05, 0) is 70.1 Å². The van der Waals surface area contributed by atoms with E-state index in [0.717, 1.165) is 41.9 Å². The number of carbonyl (C=O) groups is 3. The van der Waals surface area contributed by atoms with Gasteiger partial charge in [0.1, 0.15) is 0 Å². The Hall–Kier alpha value is -1.63. The van der Waals surface area contributed by atoms with Crippen molar-refractivity contribution < 1.29 is 19.3 Å². The molecular weight excluding hydrogens is 332 g/mol. The van der Waals surface area contributed by atoms with E-state index >= 15 is 0 Å². The molecule has 4 amide bonds. The molecule has 26 heavy (non-hydrogen) atoms. The van der Waals surface area contributed by atoms with Crippen molar-refractivity contribution in [2.24, 2.45) is 17.8 Å². The number of imide groups is 1. The van der Waals surface area contributed by atoms with E-state index in [-0.39, 0.29) is 42.5 Å². The molecule has 0 spiro atoms. The first-order valence-electron chi connectivity index (χ1n) is 9.95. The fourth-order valence-corrected chi connectivity index (χ4v) is 5.69. The van der Waals surface area contributed by atoms with E-state index in [1.54, 1.807) is 7.05 Å². The number of urea groups is 1. The number of likely N-dealkylation sites (N-methyl/N-ethyl adjacent to an activating group) is 1. The summed E-state index contributed by atoms with van der Waals surface area (Å²) in [5, 5.41) is 8.40. The van der Waals surface area contributed by atoms with Gasteiger partial charge in [-0.25, -0.2) is 4.79 Å². The lowest BCUT2D eigenvalue weighted by molar-refractivity contribution is -0.862. The van der Waals surface area contributed by atoms with Crippen LogP contribution in [-0.4, -0.2) is 49.6 Å². The van der Waals surface area contributed by atoms with Gasteiger partial charge in [-0.2, -0.15) is 0 Å². The average molecular weight is 365 g/mol. The molecule has 1 unspecified atom stereocenters. The molecule has 4 rings (SSSR count). The molecule has 4 N–H and O–H groups in total. The maximum Gasteiger partial charge on any atom is 0.322 e. The summed E-state index contributed by atoms with van der Waals surface area (Å²) in [5.41, 5.74) is -0.102. The largest absolute Gasteiger partial charge is 0.349 e. The SMILES string of the molecule is CC(C)NC(=O)C[NH+](C)CC(=O)NC(=O)NC12CC3CC(CC(C3)C1)C2. The van der Waals surface area contributed by atoms with E-state index in [1.165, 1.54) is 19.3 Å².